The molecule has 0 spiro atoms. The average molecular weight is 455 g/mol. The maximum atomic E-state index is 12.5. The molecule has 0 radical (unpaired) electrons. The Hall–Kier alpha value is -2.51. The lowest BCUT2D eigenvalue weighted by molar-refractivity contribution is -0.121. The zero-order valence-corrected chi connectivity index (χ0v) is 17.9. The van der Waals surface area contributed by atoms with Gasteiger partial charge in [-0.1, -0.05) is 45.4 Å². The smallest absolute Gasteiger partial charge is 0.241 e. The molecule has 2 aromatic carbocycles. The van der Waals surface area contributed by atoms with Crippen LogP contribution in [0.1, 0.15) is 24.3 Å². The van der Waals surface area contributed by atoms with Gasteiger partial charge in [-0.3, -0.25) is 9.69 Å². The molecule has 0 unspecified atom stereocenters. The summed E-state index contributed by atoms with van der Waals surface area (Å²) in [5.74, 6) is 1.36. The van der Waals surface area contributed by atoms with E-state index in [2.05, 4.69) is 36.3 Å². The molecule has 3 aromatic rings. The molecule has 7 heteroatoms. The first-order valence-electron chi connectivity index (χ1n) is 9.76. The van der Waals surface area contributed by atoms with E-state index in [1.807, 2.05) is 55.5 Å². The summed E-state index contributed by atoms with van der Waals surface area (Å²) < 4.78 is 6.45. The SMILES string of the molecule is Cc1ccccc1-c1noc(CN2CCC(C(=O)Nc3ccc(Br)cc3)CC2)n1. The van der Waals surface area contributed by atoms with Crippen molar-refractivity contribution in [3.05, 3.63) is 64.5 Å². The third kappa shape index (κ3) is 4.92. The molecular weight excluding hydrogens is 432 g/mol. The molecule has 1 fully saturated rings. The van der Waals surface area contributed by atoms with Crippen molar-refractivity contribution in [3.63, 3.8) is 0 Å². The van der Waals surface area contributed by atoms with E-state index in [1.54, 1.807) is 0 Å². The lowest BCUT2D eigenvalue weighted by Gasteiger charge is -2.30. The van der Waals surface area contributed by atoms with Gasteiger partial charge in [-0.2, -0.15) is 4.98 Å². The molecule has 0 saturated carbocycles. The van der Waals surface area contributed by atoms with Crippen LogP contribution < -0.4 is 5.32 Å². The van der Waals surface area contributed by atoms with E-state index in [-0.39, 0.29) is 11.8 Å². The summed E-state index contributed by atoms with van der Waals surface area (Å²) in [4.78, 5) is 19.3. The highest BCUT2D eigenvalue weighted by Crippen LogP contribution is 2.23. The quantitative estimate of drug-likeness (QED) is 0.606. The summed E-state index contributed by atoms with van der Waals surface area (Å²) >= 11 is 3.40. The number of likely N-dealkylation sites (tertiary alicyclic amines) is 1. The number of carbonyl (C=O) groups is 1. The van der Waals surface area contributed by atoms with E-state index in [4.69, 9.17) is 4.52 Å². The topological polar surface area (TPSA) is 71.3 Å². The molecule has 0 aliphatic carbocycles. The van der Waals surface area contributed by atoms with Gasteiger partial charge in [-0.05, 0) is 62.7 Å². The number of hydrogen-bond acceptors (Lipinski definition) is 5. The Morgan fingerprint density at radius 3 is 2.62 bits per heavy atom. The van der Waals surface area contributed by atoms with Crippen molar-refractivity contribution in [1.29, 1.82) is 0 Å². The first-order valence-corrected chi connectivity index (χ1v) is 10.5. The van der Waals surface area contributed by atoms with Gasteiger partial charge in [0.15, 0.2) is 0 Å². The van der Waals surface area contributed by atoms with Crippen molar-refractivity contribution in [3.8, 4) is 11.4 Å². The summed E-state index contributed by atoms with van der Waals surface area (Å²) in [6.45, 7) is 4.32. The van der Waals surface area contributed by atoms with Crippen LogP contribution in [0.3, 0.4) is 0 Å². The summed E-state index contributed by atoms with van der Waals surface area (Å²) in [5, 5.41) is 7.14. The Balaban J connectivity index is 1.29. The predicted octanol–water partition coefficient (Wildman–Crippen LogP) is 4.66. The number of rotatable bonds is 5. The number of nitrogens with one attached hydrogen (secondary N) is 1. The highest BCUT2D eigenvalue weighted by molar-refractivity contribution is 9.10. The number of benzene rings is 2. The number of hydrogen-bond donors (Lipinski definition) is 1. The van der Waals surface area contributed by atoms with Gasteiger partial charge >= 0.3 is 0 Å². The number of aryl methyl sites for hydroxylation is 1. The standard InChI is InChI=1S/C22H23BrN4O2/c1-15-4-2-3-5-19(15)21-25-20(29-26-21)14-27-12-10-16(11-13-27)22(28)24-18-8-6-17(23)7-9-18/h2-9,16H,10-14H2,1H3,(H,24,28). The monoisotopic (exact) mass is 454 g/mol. The van der Waals surface area contributed by atoms with Crippen molar-refractivity contribution in [2.24, 2.45) is 5.92 Å². The first kappa shape index (κ1) is 19.8. The molecule has 29 heavy (non-hydrogen) atoms. The Bertz CT molecular complexity index is 978. The van der Waals surface area contributed by atoms with E-state index in [0.29, 0.717) is 18.3 Å². The second-order valence-corrected chi connectivity index (χ2v) is 8.29. The largest absolute Gasteiger partial charge is 0.338 e. The van der Waals surface area contributed by atoms with Crippen molar-refractivity contribution in [1.82, 2.24) is 15.0 Å². The second kappa shape index (κ2) is 8.88. The van der Waals surface area contributed by atoms with Crippen molar-refractivity contribution >= 4 is 27.5 Å². The highest BCUT2D eigenvalue weighted by atomic mass is 79.9. The summed E-state index contributed by atoms with van der Waals surface area (Å²) in [6.07, 6.45) is 1.64. The third-order valence-electron chi connectivity index (χ3n) is 5.28. The van der Waals surface area contributed by atoms with Gasteiger partial charge in [-0.15, -0.1) is 0 Å². The maximum Gasteiger partial charge on any atom is 0.241 e. The average Bonchev–Trinajstić information content (AvgIpc) is 3.19. The predicted molar refractivity (Wildman–Crippen MR) is 115 cm³/mol. The number of anilines is 1. The van der Waals surface area contributed by atoms with Crippen molar-refractivity contribution in [2.75, 3.05) is 18.4 Å². The van der Waals surface area contributed by atoms with E-state index in [0.717, 1.165) is 47.2 Å². The van der Waals surface area contributed by atoms with Crippen LogP contribution in [-0.2, 0) is 11.3 Å². The number of aromatic nitrogens is 2. The van der Waals surface area contributed by atoms with E-state index < -0.39 is 0 Å². The molecule has 1 aliphatic rings. The van der Waals surface area contributed by atoms with Gasteiger partial charge in [0, 0.05) is 21.6 Å². The van der Waals surface area contributed by atoms with Crippen LogP contribution in [0.25, 0.3) is 11.4 Å². The minimum atomic E-state index is 0.0279. The zero-order chi connectivity index (χ0) is 20.2. The second-order valence-electron chi connectivity index (χ2n) is 7.37. The summed E-state index contributed by atoms with van der Waals surface area (Å²) in [7, 11) is 0. The number of carbonyl (C=O) groups excluding carboxylic acids is 1. The summed E-state index contributed by atoms with van der Waals surface area (Å²) in [6, 6.07) is 15.7. The van der Waals surface area contributed by atoms with Crippen molar-refractivity contribution in [2.45, 2.75) is 26.3 Å². The minimum Gasteiger partial charge on any atom is -0.338 e. The molecule has 2 heterocycles. The molecule has 6 nitrogen and oxygen atoms in total. The lowest BCUT2D eigenvalue weighted by atomic mass is 9.96. The van der Waals surface area contributed by atoms with Crippen LogP contribution in [0.15, 0.2) is 57.5 Å². The van der Waals surface area contributed by atoms with Crippen LogP contribution in [-0.4, -0.2) is 34.0 Å². The van der Waals surface area contributed by atoms with Crippen LogP contribution in [0.5, 0.6) is 0 Å². The Morgan fingerprint density at radius 1 is 1.17 bits per heavy atom. The molecule has 1 saturated heterocycles. The molecule has 4 rings (SSSR count). The number of nitrogens with zero attached hydrogens (tertiary/aromatic N) is 3. The molecule has 1 amide bonds. The zero-order valence-electron chi connectivity index (χ0n) is 16.3. The number of halogens is 1. The van der Waals surface area contributed by atoms with Crippen LogP contribution in [0.2, 0.25) is 0 Å². The van der Waals surface area contributed by atoms with E-state index in [1.165, 1.54) is 0 Å². The van der Waals surface area contributed by atoms with Gasteiger partial charge < -0.3 is 9.84 Å². The van der Waals surface area contributed by atoms with Gasteiger partial charge in [0.2, 0.25) is 17.6 Å². The van der Waals surface area contributed by atoms with Gasteiger partial charge in [0.1, 0.15) is 0 Å². The van der Waals surface area contributed by atoms with Gasteiger partial charge in [0.25, 0.3) is 0 Å². The van der Waals surface area contributed by atoms with Crippen LogP contribution in [0, 0.1) is 12.8 Å². The number of amides is 1. The number of piperidine rings is 1. The Labute approximate surface area is 178 Å². The molecule has 1 aliphatic heterocycles. The molecule has 0 atom stereocenters. The van der Waals surface area contributed by atoms with E-state index in [9.17, 15) is 4.79 Å². The Kier molecular flexibility index (Phi) is 6.06. The molecule has 1 aromatic heterocycles. The lowest BCUT2D eigenvalue weighted by Crippen LogP contribution is -2.37. The fourth-order valence-electron chi connectivity index (χ4n) is 3.57. The van der Waals surface area contributed by atoms with Gasteiger partial charge in [0.05, 0.1) is 6.54 Å². The fraction of sp³-hybridized carbons (Fsp3) is 0.318. The van der Waals surface area contributed by atoms with E-state index >= 15 is 0 Å². The highest BCUT2D eigenvalue weighted by Gasteiger charge is 2.26. The molecule has 150 valence electrons. The van der Waals surface area contributed by atoms with Gasteiger partial charge in [-0.25, -0.2) is 0 Å². The first-order chi connectivity index (χ1) is 14.1. The fourth-order valence-corrected chi connectivity index (χ4v) is 3.84. The third-order valence-corrected chi connectivity index (χ3v) is 5.81. The molecular formula is C22H23BrN4O2. The summed E-state index contributed by atoms with van der Waals surface area (Å²) in [5.41, 5.74) is 2.94. The Morgan fingerprint density at radius 2 is 1.90 bits per heavy atom. The maximum absolute atomic E-state index is 12.5. The minimum absolute atomic E-state index is 0.0279. The molecule has 0 bridgehead atoms. The van der Waals surface area contributed by atoms with Crippen LogP contribution >= 0.6 is 15.9 Å². The molecule has 1 N–H and O–H groups in total. The normalized spacial score (nSPS) is 15.4. The van der Waals surface area contributed by atoms with Crippen molar-refractivity contribution < 1.29 is 9.32 Å². The van der Waals surface area contributed by atoms with Crippen LogP contribution in [0.4, 0.5) is 5.69 Å².